The van der Waals surface area contributed by atoms with Crippen LogP contribution in [0, 0.1) is 0 Å². The van der Waals surface area contributed by atoms with Crippen LogP contribution in [0.25, 0.3) is 0 Å². The number of imide groups is 1. The lowest BCUT2D eigenvalue weighted by Gasteiger charge is -2.18. The largest absolute Gasteiger partial charge is 0.444 e. The molecule has 0 saturated carbocycles. The van der Waals surface area contributed by atoms with E-state index in [0.29, 0.717) is 12.1 Å². The van der Waals surface area contributed by atoms with Gasteiger partial charge in [-0.25, -0.2) is 14.6 Å². The number of pyridine rings is 1. The second-order valence-corrected chi connectivity index (χ2v) is 6.26. The first-order chi connectivity index (χ1) is 13.4. The van der Waals surface area contributed by atoms with Gasteiger partial charge in [0, 0.05) is 18.3 Å². The summed E-state index contributed by atoms with van der Waals surface area (Å²) in [6.07, 6.45) is -0.196. The number of hydrogen-bond acceptors (Lipinski definition) is 6. The fraction of sp³-hybridized carbons (Fsp3) is 0.222. The second kappa shape index (κ2) is 10.4. The van der Waals surface area contributed by atoms with E-state index in [1.54, 1.807) is 25.1 Å². The molecule has 2 rings (SSSR count). The third-order valence-corrected chi connectivity index (χ3v) is 4.06. The highest BCUT2D eigenvalue weighted by molar-refractivity contribution is 7.99. The van der Waals surface area contributed by atoms with Crippen molar-refractivity contribution in [2.75, 3.05) is 6.54 Å². The van der Waals surface area contributed by atoms with Crippen molar-refractivity contribution < 1.29 is 27.9 Å². The lowest BCUT2D eigenvalue weighted by molar-refractivity contribution is -0.129. The van der Waals surface area contributed by atoms with Crippen LogP contribution in [-0.4, -0.2) is 35.2 Å². The Hall–Kier alpha value is -3.01. The molecule has 2 aromatic rings. The topological polar surface area (TPSA) is 97.4 Å². The highest BCUT2D eigenvalue weighted by Gasteiger charge is 2.28. The maximum Gasteiger partial charge on any atom is 0.342 e. The standard InChI is InChI=1S/C18H17F2N3O4S/c1-2-21-18(26)23-14(24)13(11-7-4-3-5-8-11)27-16(25)12-9-6-10-22-15(12)28-17(19)20/h3-10,13,17H,2H2,1H3,(H2,21,23,24,26)/t13-/m0/s1. The molecule has 2 N–H and O–H groups in total. The summed E-state index contributed by atoms with van der Waals surface area (Å²) in [5.74, 6) is -4.68. The Kier molecular flexibility index (Phi) is 7.88. The number of nitrogens with one attached hydrogen (secondary N) is 2. The molecule has 0 radical (unpaired) electrons. The number of benzene rings is 1. The van der Waals surface area contributed by atoms with Crippen molar-refractivity contribution in [2.45, 2.75) is 23.8 Å². The maximum absolute atomic E-state index is 12.7. The molecule has 0 aliphatic carbocycles. The number of halogens is 2. The van der Waals surface area contributed by atoms with Crippen LogP contribution in [0.4, 0.5) is 13.6 Å². The van der Waals surface area contributed by atoms with E-state index in [0.717, 1.165) is 0 Å². The van der Waals surface area contributed by atoms with Gasteiger partial charge in [-0.15, -0.1) is 0 Å². The molecule has 3 amide bonds. The van der Waals surface area contributed by atoms with Crippen molar-refractivity contribution in [1.82, 2.24) is 15.6 Å². The normalized spacial score (nSPS) is 11.6. The highest BCUT2D eigenvalue weighted by atomic mass is 32.2. The van der Waals surface area contributed by atoms with Crippen molar-refractivity contribution in [1.29, 1.82) is 0 Å². The van der Waals surface area contributed by atoms with Gasteiger partial charge in [0.15, 0.2) is 0 Å². The lowest BCUT2D eigenvalue weighted by atomic mass is 10.1. The molecule has 10 heteroatoms. The van der Waals surface area contributed by atoms with Crippen LogP contribution in [-0.2, 0) is 9.53 Å². The van der Waals surface area contributed by atoms with Gasteiger partial charge >= 0.3 is 12.0 Å². The molecular formula is C18H17F2N3O4S. The Morgan fingerprint density at radius 1 is 1.14 bits per heavy atom. The molecule has 0 bridgehead atoms. The second-order valence-electron chi connectivity index (χ2n) is 5.28. The molecule has 1 atom stereocenters. The number of alkyl halides is 2. The fourth-order valence-electron chi connectivity index (χ4n) is 2.18. The van der Waals surface area contributed by atoms with Gasteiger partial charge in [0.2, 0.25) is 6.10 Å². The van der Waals surface area contributed by atoms with E-state index in [1.165, 1.54) is 30.5 Å². The first kappa shape index (κ1) is 21.3. The van der Waals surface area contributed by atoms with Gasteiger partial charge in [0.25, 0.3) is 11.7 Å². The SMILES string of the molecule is CCNC(=O)NC(=O)[C@@H](OC(=O)c1cccnc1SC(F)F)c1ccccc1. The predicted octanol–water partition coefficient (Wildman–Crippen LogP) is 3.14. The first-order valence-corrected chi connectivity index (χ1v) is 9.04. The minimum atomic E-state index is -2.78. The summed E-state index contributed by atoms with van der Waals surface area (Å²) < 4.78 is 30.7. The number of carbonyl (C=O) groups excluding carboxylic acids is 3. The molecule has 1 heterocycles. The molecular weight excluding hydrogens is 392 g/mol. The highest BCUT2D eigenvalue weighted by Crippen LogP contribution is 2.28. The number of thioether (sulfide) groups is 1. The summed E-state index contributed by atoms with van der Waals surface area (Å²) >= 11 is 0.0920. The Bertz CT molecular complexity index is 837. The number of hydrogen-bond donors (Lipinski definition) is 2. The predicted molar refractivity (Wildman–Crippen MR) is 97.9 cm³/mol. The summed E-state index contributed by atoms with van der Waals surface area (Å²) in [5.41, 5.74) is 0.101. The monoisotopic (exact) mass is 409 g/mol. The zero-order valence-electron chi connectivity index (χ0n) is 14.7. The molecule has 0 aliphatic heterocycles. The number of amides is 3. The average Bonchev–Trinajstić information content (AvgIpc) is 2.66. The van der Waals surface area contributed by atoms with Crippen LogP contribution < -0.4 is 10.6 Å². The van der Waals surface area contributed by atoms with Crippen LogP contribution in [0.3, 0.4) is 0 Å². The zero-order valence-corrected chi connectivity index (χ0v) is 15.5. The summed E-state index contributed by atoms with van der Waals surface area (Å²) in [5, 5.41) is 4.24. The van der Waals surface area contributed by atoms with E-state index in [-0.39, 0.29) is 22.4 Å². The zero-order chi connectivity index (χ0) is 20.5. The molecule has 0 aliphatic rings. The Labute approximate surface area is 163 Å². The molecule has 0 saturated heterocycles. The smallest absolute Gasteiger partial charge is 0.342 e. The third-order valence-electron chi connectivity index (χ3n) is 3.33. The Morgan fingerprint density at radius 3 is 2.50 bits per heavy atom. The van der Waals surface area contributed by atoms with Gasteiger partial charge in [0.1, 0.15) is 5.03 Å². The van der Waals surface area contributed by atoms with E-state index < -0.39 is 29.8 Å². The van der Waals surface area contributed by atoms with E-state index in [9.17, 15) is 23.2 Å². The first-order valence-electron chi connectivity index (χ1n) is 8.16. The molecule has 148 valence electrons. The van der Waals surface area contributed by atoms with E-state index in [4.69, 9.17) is 4.74 Å². The molecule has 28 heavy (non-hydrogen) atoms. The van der Waals surface area contributed by atoms with E-state index in [1.807, 2.05) is 0 Å². The molecule has 1 aromatic heterocycles. The van der Waals surface area contributed by atoms with Gasteiger partial charge in [-0.05, 0) is 30.8 Å². The van der Waals surface area contributed by atoms with Gasteiger partial charge in [-0.1, -0.05) is 30.3 Å². The van der Waals surface area contributed by atoms with Crippen molar-refractivity contribution >= 4 is 29.7 Å². The lowest BCUT2D eigenvalue weighted by Crippen LogP contribution is -2.42. The molecule has 0 unspecified atom stereocenters. The number of nitrogens with zero attached hydrogens (tertiary/aromatic N) is 1. The fourth-order valence-corrected chi connectivity index (χ4v) is 2.75. The molecule has 1 aromatic carbocycles. The number of ether oxygens (including phenoxy) is 1. The number of rotatable bonds is 7. The Morgan fingerprint density at radius 2 is 1.86 bits per heavy atom. The van der Waals surface area contributed by atoms with Gasteiger partial charge < -0.3 is 10.1 Å². The Balaban J connectivity index is 2.27. The molecule has 7 nitrogen and oxygen atoms in total. The van der Waals surface area contributed by atoms with Crippen LogP contribution in [0.15, 0.2) is 53.7 Å². The van der Waals surface area contributed by atoms with Crippen molar-refractivity contribution in [3.8, 4) is 0 Å². The summed E-state index contributed by atoms with van der Waals surface area (Å²) in [4.78, 5) is 40.4. The van der Waals surface area contributed by atoms with Crippen molar-refractivity contribution in [3.63, 3.8) is 0 Å². The van der Waals surface area contributed by atoms with Gasteiger partial charge in [-0.3, -0.25) is 10.1 Å². The molecule has 0 fully saturated rings. The number of carbonyl (C=O) groups is 3. The minimum Gasteiger partial charge on any atom is -0.444 e. The summed E-state index contributed by atoms with van der Waals surface area (Å²) in [6.45, 7) is 1.96. The minimum absolute atomic E-state index is 0.0920. The van der Waals surface area contributed by atoms with Gasteiger partial charge in [-0.2, -0.15) is 8.78 Å². The number of aromatic nitrogens is 1. The van der Waals surface area contributed by atoms with Gasteiger partial charge in [0.05, 0.1) is 5.56 Å². The van der Waals surface area contributed by atoms with Crippen LogP contribution in [0.1, 0.15) is 28.9 Å². The quantitative estimate of drug-likeness (QED) is 0.539. The summed E-state index contributed by atoms with van der Waals surface area (Å²) in [7, 11) is 0. The number of esters is 1. The van der Waals surface area contributed by atoms with E-state index in [2.05, 4.69) is 15.6 Å². The molecule has 0 spiro atoms. The number of urea groups is 1. The average molecular weight is 409 g/mol. The van der Waals surface area contributed by atoms with E-state index >= 15 is 0 Å². The third kappa shape index (κ3) is 6.02. The van der Waals surface area contributed by atoms with Crippen molar-refractivity contribution in [2.24, 2.45) is 0 Å². The maximum atomic E-state index is 12.7. The van der Waals surface area contributed by atoms with Crippen LogP contribution in [0.5, 0.6) is 0 Å². The summed E-state index contributed by atoms with van der Waals surface area (Å²) in [6, 6.07) is 9.92. The van der Waals surface area contributed by atoms with Crippen LogP contribution in [0.2, 0.25) is 0 Å². The van der Waals surface area contributed by atoms with Crippen molar-refractivity contribution in [3.05, 3.63) is 59.8 Å². The van der Waals surface area contributed by atoms with Crippen LogP contribution >= 0.6 is 11.8 Å².